The van der Waals surface area contributed by atoms with Crippen LogP contribution in [-0.2, 0) is 63.8 Å². The number of carbonyl (C=O) groups excluding carboxylic acids is 4. The number of benzene rings is 4. The summed E-state index contributed by atoms with van der Waals surface area (Å²) in [5, 5.41) is 0. The summed E-state index contributed by atoms with van der Waals surface area (Å²) >= 11 is 0. The van der Waals surface area contributed by atoms with Crippen molar-refractivity contribution in [1.29, 1.82) is 0 Å². The van der Waals surface area contributed by atoms with E-state index in [1.54, 1.807) is 0 Å². The Hall–Kier alpha value is -5.24. The molecule has 276 valence electrons. The van der Waals surface area contributed by atoms with Gasteiger partial charge in [0.2, 0.25) is 0 Å². The number of esters is 4. The predicted molar refractivity (Wildman–Crippen MR) is 201 cm³/mol. The van der Waals surface area contributed by atoms with Crippen molar-refractivity contribution in [3.05, 3.63) is 144 Å². The first-order valence-corrected chi connectivity index (χ1v) is 17.7. The minimum atomic E-state index is -0.313. The summed E-state index contributed by atoms with van der Waals surface area (Å²) in [4.78, 5) is 48.3. The first-order chi connectivity index (χ1) is 25.3. The van der Waals surface area contributed by atoms with E-state index >= 15 is 0 Å². The third kappa shape index (κ3) is 14.5. The van der Waals surface area contributed by atoms with Crippen LogP contribution in [0.3, 0.4) is 0 Å². The third-order valence-corrected chi connectivity index (χ3v) is 9.32. The summed E-state index contributed by atoms with van der Waals surface area (Å²) in [6.07, 6.45) is 4.34. The van der Waals surface area contributed by atoms with Crippen LogP contribution >= 0.6 is 0 Å². The quantitative estimate of drug-likeness (QED) is 0.0767. The standard InChI is InChI=1S/2C22H26O4/c2*1-25-21(23)14-13-19(15-17-9-5-3-6-10-17)20(22(24)26-2)16-18-11-7-4-8-12-18/h2*3-12,19-20H,13-16H2,1-2H3/t2*19-,20-/m10/s1. The fraction of sp³-hybridized carbons (Fsp3) is 0.364. The molecule has 0 aliphatic heterocycles. The van der Waals surface area contributed by atoms with Crippen LogP contribution in [0.25, 0.3) is 0 Å². The van der Waals surface area contributed by atoms with Crippen molar-refractivity contribution in [2.45, 2.75) is 51.4 Å². The molecular weight excluding hydrogens is 656 g/mol. The highest BCUT2D eigenvalue weighted by Gasteiger charge is 2.31. The average molecular weight is 709 g/mol. The molecule has 0 radical (unpaired) electrons. The molecule has 0 fully saturated rings. The molecule has 4 aromatic rings. The molecule has 0 saturated carbocycles. The van der Waals surface area contributed by atoms with Crippen molar-refractivity contribution in [1.82, 2.24) is 0 Å². The van der Waals surface area contributed by atoms with Gasteiger partial charge in [0.15, 0.2) is 0 Å². The normalized spacial score (nSPS) is 12.8. The fourth-order valence-electron chi connectivity index (χ4n) is 6.46. The van der Waals surface area contributed by atoms with Gasteiger partial charge in [-0.25, -0.2) is 0 Å². The van der Waals surface area contributed by atoms with Gasteiger partial charge in [-0.15, -0.1) is 0 Å². The van der Waals surface area contributed by atoms with Gasteiger partial charge < -0.3 is 18.9 Å². The van der Waals surface area contributed by atoms with E-state index in [4.69, 9.17) is 18.9 Å². The Morgan fingerprint density at radius 3 is 0.923 bits per heavy atom. The highest BCUT2D eigenvalue weighted by molar-refractivity contribution is 5.74. The lowest BCUT2D eigenvalue weighted by Gasteiger charge is -2.25. The molecule has 0 amide bonds. The molecule has 0 aromatic heterocycles. The molecule has 4 atom stereocenters. The molecular formula is C44H52O8. The zero-order valence-electron chi connectivity index (χ0n) is 30.8. The second kappa shape index (κ2) is 23.3. The lowest BCUT2D eigenvalue weighted by atomic mass is 9.80. The molecule has 0 N–H and O–H groups in total. The molecule has 4 rings (SSSR count). The Kier molecular flexibility index (Phi) is 18.4. The Balaban J connectivity index is 0.000000280. The van der Waals surface area contributed by atoms with Crippen molar-refractivity contribution in [2.75, 3.05) is 28.4 Å². The third-order valence-electron chi connectivity index (χ3n) is 9.32. The summed E-state index contributed by atoms with van der Waals surface area (Å²) in [6, 6.07) is 39.8. The minimum absolute atomic E-state index is 0.0100. The number of carbonyl (C=O) groups is 4. The Morgan fingerprint density at radius 2 is 0.673 bits per heavy atom. The number of ether oxygens (including phenoxy) is 4. The van der Waals surface area contributed by atoms with Crippen LogP contribution in [0.1, 0.15) is 47.9 Å². The van der Waals surface area contributed by atoms with Gasteiger partial charge in [0.05, 0.1) is 40.3 Å². The molecule has 4 aromatic carbocycles. The van der Waals surface area contributed by atoms with Gasteiger partial charge >= 0.3 is 23.9 Å². The van der Waals surface area contributed by atoms with Crippen molar-refractivity contribution in [2.24, 2.45) is 23.7 Å². The summed E-state index contributed by atoms with van der Waals surface area (Å²) in [7, 11) is 5.60. The minimum Gasteiger partial charge on any atom is -0.469 e. The molecule has 8 heteroatoms. The second-order valence-electron chi connectivity index (χ2n) is 12.8. The fourth-order valence-corrected chi connectivity index (χ4v) is 6.46. The molecule has 0 unspecified atom stereocenters. The van der Waals surface area contributed by atoms with Crippen molar-refractivity contribution < 1.29 is 38.1 Å². The smallest absolute Gasteiger partial charge is 0.309 e. The monoisotopic (exact) mass is 708 g/mol. The topological polar surface area (TPSA) is 105 Å². The zero-order valence-corrected chi connectivity index (χ0v) is 30.8. The highest BCUT2D eigenvalue weighted by Crippen LogP contribution is 2.29. The lowest BCUT2D eigenvalue weighted by molar-refractivity contribution is -0.149. The molecule has 0 spiro atoms. The van der Waals surface area contributed by atoms with Gasteiger partial charge in [0.25, 0.3) is 0 Å². The molecule has 8 nitrogen and oxygen atoms in total. The van der Waals surface area contributed by atoms with E-state index in [-0.39, 0.29) is 60.4 Å². The van der Waals surface area contributed by atoms with E-state index in [2.05, 4.69) is 0 Å². The number of hydrogen-bond donors (Lipinski definition) is 0. The van der Waals surface area contributed by atoms with Crippen LogP contribution in [-0.4, -0.2) is 52.3 Å². The maximum atomic E-state index is 12.5. The highest BCUT2D eigenvalue weighted by atomic mass is 16.5. The molecule has 0 bridgehead atoms. The van der Waals surface area contributed by atoms with Crippen LogP contribution in [0.2, 0.25) is 0 Å². The summed E-state index contributed by atoms with van der Waals surface area (Å²) in [5.41, 5.74) is 4.45. The average Bonchev–Trinajstić information content (AvgIpc) is 3.20. The Morgan fingerprint density at radius 1 is 0.404 bits per heavy atom. The van der Waals surface area contributed by atoms with Crippen LogP contribution in [0.4, 0.5) is 0 Å². The van der Waals surface area contributed by atoms with Gasteiger partial charge in [0, 0.05) is 12.8 Å². The molecule has 0 saturated heterocycles. The molecule has 0 aliphatic carbocycles. The predicted octanol–water partition coefficient (Wildman–Crippen LogP) is 7.66. The van der Waals surface area contributed by atoms with Crippen molar-refractivity contribution >= 4 is 23.9 Å². The maximum Gasteiger partial charge on any atom is 0.309 e. The zero-order chi connectivity index (χ0) is 37.6. The van der Waals surface area contributed by atoms with Crippen LogP contribution in [0.5, 0.6) is 0 Å². The molecule has 0 aliphatic rings. The summed E-state index contributed by atoms with van der Waals surface area (Å²) < 4.78 is 19.7. The summed E-state index contributed by atoms with van der Waals surface area (Å²) in [6.45, 7) is 0. The van der Waals surface area contributed by atoms with E-state index in [1.807, 2.05) is 121 Å². The van der Waals surface area contributed by atoms with Crippen LogP contribution < -0.4 is 0 Å². The van der Waals surface area contributed by atoms with Gasteiger partial charge in [-0.2, -0.15) is 0 Å². The van der Waals surface area contributed by atoms with E-state index < -0.39 is 0 Å². The molecule has 52 heavy (non-hydrogen) atoms. The SMILES string of the molecule is COC(=O)CC[C@@H](Cc1ccccc1)[C@H](Cc1ccccc1)C(=O)OC.COC(=O)CC[C@H](Cc1ccccc1)[C@@H](Cc1ccccc1)C(=O)OC. The van der Waals surface area contributed by atoms with Crippen molar-refractivity contribution in [3.8, 4) is 0 Å². The van der Waals surface area contributed by atoms with E-state index in [0.717, 1.165) is 22.3 Å². The molecule has 0 heterocycles. The number of hydrogen-bond acceptors (Lipinski definition) is 8. The lowest BCUT2D eigenvalue weighted by Crippen LogP contribution is -2.29. The van der Waals surface area contributed by atoms with E-state index in [0.29, 0.717) is 38.5 Å². The maximum absolute atomic E-state index is 12.5. The first kappa shape index (κ1) is 41.2. The number of rotatable bonds is 18. The second-order valence-corrected chi connectivity index (χ2v) is 12.8. The van der Waals surface area contributed by atoms with E-state index in [9.17, 15) is 19.2 Å². The largest absolute Gasteiger partial charge is 0.469 e. The summed E-state index contributed by atoms with van der Waals surface area (Å²) in [5.74, 6) is -1.63. The van der Waals surface area contributed by atoms with Gasteiger partial charge in [-0.05, 0) is 72.6 Å². The Labute approximate surface area is 308 Å². The van der Waals surface area contributed by atoms with Gasteiger partial charge in [-0.1, -0.05) is 121 Å². The van der Waals surface area contributed by atoms with Crippen molar-refractivity contribution in [3.63, 3.8) is 0 Å². The number of methoxy groups -OCH3 is 4. The van der Waals surface area contributed by atoms with E-state index in [1.165, 1.54) is 28.4 Å². The Bertz CT molecular complexity index is 1490. The van der Waals surface area contributed by atoms with Crippen LogP contribution in [0.15, 0.2) is 121 Å². The first-order valence-electron chi connectivity index (χ1n) is 17.7. The van der Waals surface area contributed by atoms with Gasteiger partial charge in [-0.3, -0.25) is 19.2 Å². The van der Waals surface area contributed by atoms with Crippen LogP contribution in [0, 0.1) is 23.7 Å². The van der Waals surface area contributed by atoms with Gasteiger partial charge in [0.1, 0.15) is 0 Å².